The number of pyridine rings is 1. The predicted molar refractivity (Wildman–Crippen MR) is 69.4 cm³/mol. The van der Waals surface area contributed by atoms with E-state index in [2.05, 4.69) is 15.6 Å². The fourth-order valence-electron chi connectivity index (χ4n) is 1.95. The molecule has 1 amide bonds. The first-order valence-corrected chi connectivity index (χ1v) is 6.31. The van der Waals surface area contributed by atoms with Gasteiger partial charge in [0, 0.05) is 37.8 Å². The summed E-state index contributed by atoms with van der Waals surface area (Å²) in [6.45, 7) is 4.00. The smallest absolute Gasteiger partial charge is 0.249 e. The third-order valence-electron chi connectivity index (χ3n) is 2.98. The molecule has 5 nitrogen and oxygen atoms in total. The van der Waals surface area contributed by atoms with Crippen LogP contribution in [-0.2, 0) is 9.53 Å². The maximum Gasteiger partial charge on any atom is 0.249 e. The Bertz CT molecular complexity index is 403. The van der Waals surface area contributed by atoms with E-state index in [0.29, 0.717) is 19.7 Å². The van der Waals surface area contributed by atoms with E-state index >= 15 is 0 Å². The van der Waals surface area contributed by atoms with Gasteiger partial charge < -0.3 is 15.4 Å². The second-order valence-electron chi connectivity index (χ2n) is 4.41. The summed E-state index contributed by atoms with van der Waals surface area (Å²) < 4.78 is 5.31. The van der Waals surface area contributed by atoms with Crippen molar-refractivity contribution < 1.29 is 9.53 Å². The molecule has 1 aliphatic rings. The zero-order chi connectivity index (χ0) is 12.8. The van der Waals surface area contributed by atoms with Gasteiger partial charge in [-0.15, -0.1) is 0 Å². The molecule has 1 fully saturated rings. The van der Waals surface area contributed by atoms with Crippen molar-refractivity contribution in [1.29, 1.82) is 0 Å². The lowest BCUT2D eigenvalue weighted by molar-refractivity contribution is -0.129. The molecular weight excluding hydrogens is 230 g/mol. The maximum absolute atomic E-state index is 11.6. The molecule has 1 aromatic heterocycles. The van der Waals surface area contributed by atoms with Gasteiger partial charge in [0.25, 0.3) is 0 Å². The van der Waals surface area contributed by atoms with Crippen molar-refractivity contribution in [3.8, 4) is 0 Å². The monoisotopic (exact) mass is 249 g/mol. The second kappa shape index (κ2) is 6.35. The SMILES string of the molecule is Cc1cnccc1NCCNC(=O)[C@H]1CCCO1. The van der Waals surface area contributed by atoms with Crippen molar-refractivity contribution in [2.45, 2.75) is 25.9 Å². The Hall–Kier alpha value is -1.62. The molecule has 1 aromatic rings. The third kappa shape index (κ3) is 3.43. The minimum atomic E-state index is -0.243. The fraction of sp³-hybridized carbons (Fsp3) is 0.538. The van der Waals surface area contributed by atoms with E-state index in [-0.39, 0.29) is 12.0 Å². The van der Waals surface area contributed by atoms with Crippen LogP contribution in [0.2, 0.25) is 0 Å². The Morgan fingerprint density at radius 3 is 3.17 bits per heavy atom. The van der Waals surface area contributed by atoms with Gasteiger partial charge >= 0.3 is 0 Å². The lowest BCUT2D eigenvalue weighted by Crippen LogP contribution is -2.36. The number of amides is 1. The largest absolute Gasteiger partial charge is 0.383 e. The van der Waals surface area contributed by atoms with Gasteiger partial charge in [-0.25, -0.2) is 0 Å². The molecule has 0 spiro atoms. The Kier molecular flexibility index (Phi) is 4.52. The molecule has 1 aliphatic heterocycles. The van der Waals surface area contributed by atoms with Crippen molar-refractivity contribution in [3.05, 3.63) is 24.0 Å². The topological polar surface area (TPSA) is 63.2 Å². The van der Waals surface area contributed by atoms with Crippen LogP contribution in [0.5, 0.6) is 0 Å². The van der Waals surface area contributed by atoms with E-state index in [1.54, 1.807) is 6.20 Å². The zero-order valence-corrected chi connectivity index (χ0v) is 10.6. The van der Waals surface area contributed by atoms with Crippen LogP contribution in [0.3, 0.4) is 0 Å². The van der Waals surface area contributed by atoms with Gasteiger partial charge in [0.15, 0.2) is 0 Å². The van der Waals surface area contributed by atoms with Crippen LogP contribution in [0.25, 0.3) is 0 Å². The van der Waals surface area contributed by atoms with Crippen LogP contribution in [0, 0.1) is 6.92 Å². The average Bonchev–Trinajstić information content (AvgIpc) is 2.90. The van der Waals surface area contributed by atoms with Crippen LogP contribution in [0.4, 0.5) is 5.69 Å². The first kappa shape index (κ1) is 12.8. The summed E-state index contributed by atoms with van der Waals surface area (Å²) in [4.78, 5) is 15.7. The highest BCUT2D eigenvalue weighted by Crippen LogP contribution is 2.12. The summed E-state index contributed by atoms with van der Waals surface area (Å²) in [6, 6.07) is 1.93. The molecule has 2 rings (SSSR count). The fourth-order valence-corrected chi connectivity index (χ4v) is 1.95. The maximum atomic E-state index is 11.6. The number of rotatable bonds is 5. The van der Waals surface area contributed by atoms with E-state index in [9.17, 15) is 4.79 Å². The Morgan fingerprint density at radius 2 is 2.44 bits per heavy atom. The minimum Gasteiger partial charge on any atom is -0.383 e. The predicted octanol–water partition coefficient (Wildman–Crippen LogP) is 1.10. The minimum absolute atomic E-state index is 0.000695. The van der Waals surface area contributed by atoms with Crippen molar-refractivity contribution in [2.75, 3.05) is 25.0 Å². The van der Waals surface area contributed by atoms with Gasteiger partial charge in [-0.1, -0.05) is 0 Å². The lowest BCUT2D eigenvalue weighted by atomic mass is 10.2. The van der Waals surface area contributed by atoms with E-state index in [4.69, 9.17) is 4.74 Å². The number of hydrogen-bond donors (Lipinski definition) is 2. The van der Waals surface area contributed by atoms with E-state index in [0.717, 1.165) is 24.1 Å². The van der Waals surface area contributed by atoms with Gasteiger partial charge in [0.2, 0.25) is 5.91 Å². The van der Waals surface area contributed by atoms with Crippen LogP contribution in [0.1, 0.15) is 18.4 Å². The van der Waals surface area contributed by atoms with Crippen molar-refractivity contribution in [3.63, 3.8) is 0 Å². The van der Waals surface area contributed by atoms with Crippen molar-refractivity contribution >= 4 is 11.6 Å². The average molecular weight is 249 g/mol. The highest BCUT2D eigenvalue weighted by Gasteiger charge is 2.22. The number of nitrogens with one attached hydrogen (secondary N) is 2. The number of carbonyl (C=O) groups is 1. The first-order chi connectivity index (χ1) is 8.77. The van der Waals surface area contributed by atoms with Crippen molar-refractivity contribution in [1.82, 2.24) is 10.3 Å². The van der Waals surface area contributed by atoms with E-state index < -0.39 is 0 Å². The molecule has 0 saturated carbocycles. The number of nitrogens with zero attached hydrogens (tertiary/aromatic N) is 1. The molecular formula is C13H19N3O2. The summed E-state index contributed by atoms with van der Waals surface area (Å²) >= 11 is 0. The molecule has 98 valence electrons. The standard InChI is InChI=1S/C13H19N3O2/c1-10-9-14-5-4-11(10)15-6-7-16-13(17)12-3-2-8-18-12/h4-5,9,12H,2-3,6-8H2,1H3,(H,14,15)(H,16,17)/t12-/m1/s1. The summed E-state index contributed by atoms with van der Waals surface area (Å²) in [5, 5.41) is 6.14. The number of hydrogen-bond acceptors (Lipinski definition) is 4. The molecule has 1 saturated heterocycles. The number of carbonyl (C=O) groups excluding carboxylic acids is 1. The number of aromatic nitrogens is 1. The van der Waals surface area contributed by atoms with Gasteiger partial charge in [-0.2, -0.15) is 0 Å². The summed E-state index contributed by atoms with van der Waals surface area (Å²) in [6.07, 6.45) is 5.13. The number of anilines is 1. The lowest BCUT2D eigenvalue weighted by Gasteiger charge is -2.12. The van der Waals surface area contributed by atoms with E-state index in [1.807, 2.05) is 19.2 Å². The Balaban J connectivity index is 1.67. The summed E-state index contributed by atoms with van der Waals surface area (Å²) in [7, 11) is 0. The molecule has 0 radical (unpaired) electrons. The van der Waals surface area contributed by atoms with Crippen LogP contribution in [-0.4, -0.2) is 36.7 Å². The first-order valence-electron chi connectivity index (χ1n) is 6.31. The normalized spacial score (nSPS) is 18.6. The molecule has 18 heavy (non-hydrogen) atoms. The Morgan fingerprint density at radius 1 is 1.56 bits per heavy atom. The van der Waals surface area contributed by atoms with Crippen molar-refractivity contribution in [2.24, 2.45) is 0 Å². The number of ether oxygens (including phenoxy) is 1. The van der Waals surface area contributed by atoms with Crippen LogP contribution < -0.4 is 10.6 Å². The summed E-state index contributed by atoms with van der Waals surface area (Å²) in [5.74, 6) is 0.000695. The second-order valence-corrected chi connectivity index (χ2v) is 4.41. The van der Waals surface area contributed by atoms with Crippen LogP contribution in [0.15, 0.2) is 18.5 Å². The highest BCUT2D eigenvalue weighted by molar-refractivity contribution is 5.80. The molecule has 1 atom stereocenters. The molecule has 0 bridgehead atoms. The molecule has 0 aromatic carbocycles. The quantitative estimate of drug-likeness (QED) is 0.767. The molecule has 2 N–H and O–H groups in total. The summed E-state index contributed by atoms with van der Waals surface area (Å²) in [5.41, 5.74) is 2.15. The van der Waals surface area contributed by atoms with Crippen LogP contribution >= 0.6 is 0 Å². The number of aryl methyl sites for hydroxylation is 1. The molecule has 0 unspecified atom stereocenters. The van der Waals surface area contributed by atoms with Gasteiger partial charge in [-0.3, -0.25) is 9.78 Å². The van der Waals surface area contributed by atoms with Gasteiger partial charge in [0.05, 0.1) is 0 Å². The van der Waals surface area contributed by atoms with E-state index in [1.165, 1.54) is 0 Å². The molecule has 5 heteroatoms. The van der Waals surface area contributed by atoms with Gasteiger partial charge in [0.1, 0.15) is 6.10 Å². The molecule has 0 aliphatic carbocycles. The highest BCUT2D eigenvalue weighted by atomic mass is 16.5. The van der Waals surface area contributed by atoms with Gasteiger partial charge in [-0.05, 0) is 31.4 Å². The molecule has 2 heterocycles. The third-order valence-corrected chi connectivity index (χ3v) is 2.98. The zero-order valence-electron chi connectivity index (χ0n) is 10.6. The Labute approximate surface area is 107 Å².